The van der Waals surface area contributed by atoms with Crippen molar-refractivity contribution in [1.29, 1.82) is 0 Å². The Kier molecular flexibility index (Phi) is 3.04. The van der Waals surface area contributed by atoms with E-state index in [1.54, 1.807) is 18.3 Å². The number of H-pyrrole nitrogens is 1. The number of nitrogens with two attached hydrogens (primary N) is 1. The highest BCUT2D eigenvalue weighted by Gasteiger charge is 2.30. The number of aromatic amines is 1. The van der Waals surface area contributed by atoms with E-state index in [-0.39, 0.29) is 6.04 Å². The largest absolute Gasteiger partial charge is 0.345 e. The summed E-state index contributed by atoms with van der Waals surface area (Å²) in [5.74, 6) is 0. The van der Waals surface area contributed by atoms with E-state index >= 15 is 0 Å². The molecule has 0 amide bonds. The third-order valence-electron chi connectivity index (χ3n) is 3.53. The lowest BCUT2D eigenvalue weighted by molar-refractivity contribution is 0.320. The number of piperidine rings is 1. The van der Waals surface area contributed by atoms with Gasteiger partial charge < -0.3 is 10.7 Å². The summed E-state index contributed by atoms with van der Waals surface area (Å²) in [6.45, 7) is 0.965. The topological polar surface area (TPSA) is 92.1 Å². The molecule has 0 atom stereocenters. The predicted molar refractivity (Wildman–Crippen MR) is 72.1 cm³/mol. The standard InChI is InChI=1S/C12H16N4O2S/c13-9-3-6-16(7-4-9)19(17,18)11-8-15-12-10(11)2-1-5-14-12/h1-2,5,8-9H,3-4,6-7,13H2,(H,14,15). The van der Waals surface area contributed by atoms with Crippen LogP contribution in [-0.2, 0) is 10.0 Å². The second kappa shape index (κ2) is 4.59. The minimum atomic E-state index is -3.46. The molecule has 2 aromatic heterocycles. The zero-order chi connectivity index (χ0) is 13.5. The third kappa shape index (κ3) is 2.13. The van der Waals surface area contributed by atoms with Crippen molar-refractivity contribution in [2.75, 3.05) is 13.1 Å². The molecule has 0 bridgehead atoms. The highest BCUT2D eigenvalue weighted by Crippen LogP contribution is 2.26. The fourth-order valence-electron chi connectivity index (χ4n) is 2.40. The Labute approximate surface area is 111 Å². The lowest BCUT2D eigenvalue weighted by atomic mass is 10.1. The predicted octanol–water partition coefficient (Wildman–Crippen LogP) is 0.675. The SMILES string of the molecule is NC1CCN(S(=O)(=O)c2c[nH]c3ncccc23)CC1. The summed E-state index contributed by atoms with van der Waals surface area (Å²) in [5, 5.41) is 0.636. The average molecular weight is 280 g/mol. The molecule has 6 nitrogen and oxygen atoms in total. The molecular formula is C12H16N4O2S. The number of nitrogens with one attached hydrogen (secondary N) is 1. The Morgan fingerprint density at radius 3 is 2.84 bits per heavy atom. The van der Waals surface area contributed by atoms with Gasteiger partial charge in [0.2, 0.25) is 10.0 Å². The van der Waals surface area contributed by atoms with Crippen LogP contribution in [-0.4, -0.2) is 41.8 Å². The van der Waals surface area contributed by atoms with Gasteiger partial charge in [-0.15, -0.1) is 0 Å². The van der Waals surface area contributed by atoms with Gasteiger partial charge in [0, 0.05) is 36.9 Å². The molecular weight excluding hydrogens is 264 g/mol. The van der Waals surface area contributed by atoms with Crippen molar-refractivity contribution >= 4 is 21.1 Å². The van der Waals surface area contributed by atoms with Crippen LogP contribution < -0.4 is 5.73 Å². The number of fused-ring (bicyclic) bond motifs is 1. The lowest BCUT2D eigenvalue weighted by Gasteiger charge is -2.29. The van der Waals surface area contributed by atoms with E-state index in [1.807, 2.05) is 0 Å². The number of hydrogen-bond acceptors (Lipinski definition) is 4. The number of sulfonamides is 1. The highest BCUT2D eigenvalue weighted by atomic mass is 32.2. The molecule has 0 unspecified atom stereocenters. The van der Waals surface area contributed by atoms with Gasteiger partial charge in [0.15, 0.2) is 0 Å². The minimum absolute atomic E-state index is 0.107. The van der Waals surface area contributed by atoms with Crippen molar-refractivity contribution in [3.05, 3.63) is 24.5 Å². The molecule has 2 aromatic rings. The van der Waals surface area contributed by atoms with Gasteiger partial charge in [0.25, 0.3) is 0 Å². The monoisotopic (exact) mass is 280 g/mol. The molecule has 102 valence electrons. The van der Waals surface area contributed by atoms with Crippen LogP contribution in [0.5, 0.6) is 0 Å². The Bertz CT molecular complexity index is 687. The van der Waals surface area contributed by atoms with Gasteiger partial charge in [0.05, 0.1) is 0 Å². The molecule has 0 aliphatic carbocycles. The zero-order valence-electron chi connectivity index (χ0n) is 10.4. The summed E-state index contributed by atoms with van der Waals surface area (Å²) < 4.78 is 26.7. The van der Waals surface area contributed by atoms with E-state index in [4.69, 9.17) is 5.73 Å². The molecule has 1 aliphatic rings. The quantitative estimate of drug-likeness (QED) is 0.846. The Balaban J connectivity index is 2.00. The molecule has 1 fully saturated rings. The van der Waals surface area contributed by atoms with Crippen LogP contribution in [0.2, 0.25) is 0 Å². The molecule has 1 saturated heterocycles. The van der Waals surface area contributed by atoms with E-state index in [9.17, 15) is 8.42 Å². The lowest BCUT2D eigenvalue weighted by Crippen LogP contribution is -2.42. The molecule has 0 radical (unpaired) electrons. The first-order chi connectivity index (χ1) is 9.09. The second-order valence-corrected chi connectivity index (χ2v) is 6.70. The molecule has 7 heteroatoms. The maximum Gasteiger partial charge on any atom is 0.245 e. The first-order valence-corrected chi connectivity index (χ1v) is 7.71. The summed E-state index contributed by atoms with van der Waals surface area (Å²) in [6.07, 6.45) is 4.57. The highest BCUT2D eigenvalue weighted by molar-refractivity contribution is 7.89. The van der Waals surface area contributed by atoms with Gasteiger partial charge in [-0.25, -0.2) is 13.4 Å². The number of aromatic nitrogens is 2. The second-order valence-electron chi connectivity index (χ2n) is 4.79. The summed E-state index contributed by atoms with van der Waals surface area (Å²) in [7, 11) is -3.46. The van der Waals surface area contributed by atoms with Gasteiger partial charge in [-0.3, -0.25) is 0 Å². The Hall–Kier alpha value is -1.44. The molecule has 0 spiro atoms. The van der Waals surface area contributed by atoms with E-state index in [0.29, 0.717) is 41.9 Å². The van der Waals surface area contributed by atoms with E-state index < -0.39 is 10.0 Å². The maximum atomic E-state index is 12.6. The van der Waals surface area contributed by atoms with Crippen molar-refractivity contribution in [2.45, 2.75) is 23.8 Å². The van der Waals surface area contributed by atoms with Gasteiger partial charge in [-0.05, 0) is 25.0 Å². The van der Waals surface area contributed by atoms with Gasteiger partial charge in [-0.2, -0.15) is 4.31 Å². The van der Waals surface area contributed by atoms with Crippen LogP contribution in [0.1, 0.15) is 12.8 Å². The molecule has 3 N–H and O–H groups in total. The smallest absolute Gasteiger partial charge is 0.245 e. The van der Waals surface area contributed by atoms with Crippen LogP contribution in [0.25, 0.3) is 11.0 Å². The van der Waals surface area contributed by atoms with Crippen LogP contribution in [0.3, 0.4) is 0 Å². The van der Waals surface area contributed by atoms with E-state index in [2.05, 4.69) is 9.97 Å². The molecule has 0 aromatic carbocycles. The summed E-state index contributed by atoms with van der Waals surface area (Å²) >= 11 is 0. The number of hydrogen-bond donors (Lipinski definition) is 2. The van der Waals surface area contributed by atoms with E-state index in [0.717, 1.165) is 0 Å². The summed E-state index contributed by atoms with van der Waals surface area (Å²) in [6, 6.07) is 3.61. The first kappa shape index (κ1) is 12.6. The fraction of sp³-hybridized carbons (Fsp3) is 0.417. The van der Waals surface area contributed by atoms with E-state index in [1.165, 1.54) is 10.5 Å². The average Bonchev–Trinajstić information content (AvgIpc) is 2.83. The molecule has 1 aliphatic heterocycles. The Morgan fingerprint density at radius 2 is 2.11 bits per heavy atom. The van der Waals surface area contributed by atoms with Crippen molar-refractivity contribution in [1.82, 2.24) is 14.3 Å². The number of rotatable bonds is 2. The van der Waals surface area contributed by atoms with Crippen LogP contribution in [0.4, 0.5) is 0 Å². The third-order valence-corrected chi connectivity index (χ3v) is 5.47. The van der Waals surface area contributed by atoms with Crippen molar-refractivity contribution in [3.63, 3.8) is 0 Å². The molecule has 19 heavy (non-hydrogen) atoms. The first-order valence-electron chi connectivity index (χ1n) is 6.27. The van der Waals surface area contributed by atoms with Crippen LogP contribution >= 0.6 is 0 Å². The fourth-order valence-corrected chi connectivity index (χ4v) is 4.02. The van der Waals surface area contributed by atoms with Crippen LogP contribution in [0, 0.1) is 0 Å². The molecule has 3 rings (SSSR count). The normalized spacial score (nSPS) is 19.0. The maximum absolute atomic E-state index is 12.6. The minimum Gasteiger partial charge on any atom is -0.345 e. The molecule has 0 saturated carbocycles. The van der Waals surface area contributed by atoms with Crippen molar-refractivity contribution in [2.24, 2.45) is 5.73 Å². The van der Waals surface area contributed by atoms with Crippen molar-refractivity contribution < 1.29 is 8.42 Å². The van der Waals surface area contributed by atoms with Gasteiger partial charge in [-0.1, -0.05) is 0 Å². The Morgan fingerprint density at radius 1 is 1.37 bits per heavy atom. The zero-order valence-corrected chi connectivity index (χ0v) is 11.2. The van der Waals surface area contributed by atoms with Gasteiger partial charge in [0.1, 0.15) is 10.5 Å². The molecule has 3 heterocycles. The number of nitrogens with zero attached hydrogens (tertiary/aromatic N) is 2. The van der Waals surface area contributed by atoms with Crippen molar-refractivity contribution in [3.8, 4) is 0 Å². The van der Waals surface area contributed by atoms with Gasteiger partial charge >= 0.3 is 0 Å². The summed E-state index contributed by atoms with van der Waals surface area (Å²) in [5.41, 5.74) is 6.40. The van der Waals surface area contributed by atoms with Crippen LogP contribution in [0.15, 0.2) is 29.4 Å². The number of pyridine rings is 1. The summed E-state index contributed by atoms with van der Waals surface area (Å²) in [4.78, 5) is 7.31.